The number of carbonyl (C=O) groups is 1. The van der Waals surface area contributed by atoms with Crippen LogP contribution in [0.3, 0.4) is 0 Å². The summed E-state index contributed by atoms with van der Waals surface area (Å²) in [5, 5.41) is 0. The molecular weight excluding hydrogens is 298 g/mol. The lowest BCUT2D eigenvalue weighted by Gasteiger charge is -2.28. The van der Waals surface area contributed by atoms with Gasteiger partial charge >= 0.3 is 0 Å². The highest BCUT2D eigenvalue weighted by Gasteiger charge is 2.19. The first-order valence-corrected chi connectivity index (χ1v) is 8.62. The Balaban J connectivity index is 1.66. The first-order chi connectivity index (χ1) is 11.5. The third-order valence-corrected chi connectivity index (χ3v) is 4.44. The summed E-state index contributed by atoms with van der Waals surface area (Å²) < 4.78 is 5.75. The monoisotopic (exact) mass is 323 g/mol. The zero-order chi connectivity index (χ0) is 17.1. The van der Waals surface area contributed by atoms with Crippen molar-refractivity contribution in [2.75, 3.05) is 13.1 Å². The number of Topliss-reactive ketones (excluding diaryl/α,β-unsaturated/α-hetero) is 1. The van der Waals surface area contributed by atoms with Crippen LogP contribution in [0.15, 0.2) is 42.5 Å². The van der Waals surface area contributed by atoms with Crippen LogP contribution in [-0.4, -0.2) is 29.9 Å². The van der Waals surface area contributed by atoms with E-state index < -0.39 is 0 Å². The molecule has 3 heteroatoms. The maximum atomic E-state index is 12.6. The van der Waals surface area contributed by atoms with E-state index in [1.54, 1.807) is 0 Å². The van der Waals surface area contributed by atoms with Crippen LogP contribution in [0.2, 0.25) is 0 Å². The van der Waals surface area contributed by atoms with Crippen molar-refractivity contribution in [1.82, 2.24) is 4.90 Å². The normalized spacial score (nSPS) is 14.5. The number of hydrogen-bond acceptors (Lipinski definition) is 3. The molecule has 2 aromatic carbocycles. The van der Waals surface area contributed by atoms with Crippen LogP contribution in [0.25, 0.3) is 0 Å². The van der Waals surface area contributed by atoms with Crippen LogP contribution >= 0.6 is 0 Å². The zero-order valence-corrected chi connectivity index (χ0v) is 14.7. The van der Waals surface area contributed by atoms with E-state index in [1.165, 1.54) is 11.1 Å². The van der Waals surface area contributed by atoms with Crippen molar-refractivity contribution in [3.05, 3.63) is 64.7 Å². The molecule has 0 N–H and O–H groups in total. The molecule has 1 aliphatic heterocycles. The smallest absolute Gasteiger partial charge is 0.176 e. The molecule has 0 unspecified atom stereocenters. The van der Waals surface area contributed by atoms with Gasteiger partial charge in [-0.25, -0.2) is 0 Å². The predicted octanol–water partition coefficient (Wildman–Crippen LogP) is 4.02. The van der Waals surface area contributed by atoms with Crippen LogP contribution in [-0.2, 0) is 13.0 Å². The summed E-state index contributed by atoms with van der Waals surface area (Å²) in [7, 11) is 0. The predicted molar refractivity (Wildman–Crippen MR) is 96.7 cm³/mol. The minimum absolute atomic E-state index is 0.138. The lowest BCUT2D eigenvalue weighted by Crippen LogP contribution is -2.34. The van der Waals surface area contributed by atoms with Crippen LogP contribution < -0.4 is 4.74 Å². The lowest BCUT2D eigenvalue weighted by atomic mass is 9.99. The number of benzene rings is 2. The second-order valence-electron chi connectivity index (χ2n) is 6.80. The number of aryl methyl sites for hydroxylation is 1. The molecule has 0 amide bonds. The Kier molecular flexibility index (Phi) is 5.00. The van der Waals surface area contributed by atoms with Gasteiger partial charge in [0.05, 0.1) is 12.6 Å². The number of ketones is 1. The molecule has 0 aliphatic carbocycles. The van der Waals surface area contributed by atoms with Crippen molar-refractivity contribution < 1.29 is 9.53 Å². The molecule has 3 rings (SSSR count). The van der Waals surface area contributed by atoms with Crippen molar-refractivity contribution in [3.63, 3.8) is 0 Å². The largest absolute Gasteiger partial charge is 0.491 e. The van der Waals surface area contributed by atoms with E-state index in [2.05, 4.69) is 29.2 Å². The van der Waals surface area contributed by atoms with Gasteiger partial charge in [-0.15, -0.1) is 0 Å². The number of ether oxygens (including phenoxy) is 1. The van der Waals surface area contributed by atoms with Gasteiger partial charge in [0.25, 0.3) is 0 Å². The van der Waals surface area contributed by atoms with E-state index in [-0.39, 0.29) is 11.9 Å². The van der Waals surface area contributed by atoms with Gasteiger partial charge in [-0.3, -0.25) is 9.69 Å². The maximum Gasteiger partial charge on any atom is 0.176 e. The molecule has 3 nitrogen and oxygen atoms in total. The molecule has 0 saturated heterocycles. The molecule has 0 radical (unpaired) electrons. The summed E-state index contributed by atoms with van der Waals surface area (Å²) in [5.74, 6) is 1.03. The van der Waals surface area contributed by atoms with Gasteiger partial charge in [-0.1, -0.05) is 24.3 Å². The van der Waals surface area contributed by atoms with Crippen molar-refractivity contribution in [1.29, 1.82) is 0 Å². The van der Waals surface area contributed by atoms with Gasteiger partial charge in [0.2, 0.25) is 0 Å². The topological polar surface area (TPSA) is 29.5 Å². The fraction of sp³-hybridized carbons (Fsp3) is 0.381. The Morgan fingerprint density at radius 1 is 1.17 bits per heavy atom. The summed E-state index contributed by atoms with van der Waals surface area (Å²) in [4.78, 5) is 14.9. The zero-order valence-electron chi connectivity index (χ0n) is 14.7. The van der Waals surface area contributed by atoms with E-state index in [0.29, 0.717) is 6.54 Å². The Bertz CT molecular complexity index is 736. The average Bonchev–Trinajstić information content (AvgIpc) is 2.56. The summed E-state index contributed by atoms with van der Waals surface area (Å²) >= 11 is 0. The maximum absolute atomic E-state index is 12.6. The minimum atomic E-state index is 0.138. The highest BCUT2D eigenvalue weighted by atomic mass is 16.5. The first-order valence-electron chi connectivity index (χ1n) is 8.62. The highest BCUT2D eigenvalue weighted by molar-refractivity contribution is 5.98. The summed E-state index contributed by atoms with van der Waals surface area (Å²) in [6, 6.07) is 14.2. The fourth-order valence-corrected chi connectivity index (χ4v) is 3.19. The summed E-state index contributed by atoms with van der Waals surface area (Å²) in [5.41, 5.74) is 4.53. The van der Waals surface area contributed by atoms with E-state index >= 15 is 0 Å². The van der Waals surface area contributed by atoms with E-state index in [4.69, 9.17) is 4.74 Å². The van der Waals surface area contributed by atoms with Gasteiger partial charge in [0, 0.05) is 18.7 Å². The van der Waals surface area contributed by atoms with Gasteiger partial charge in [-0.05, 0) is 62.1 Å². The second kappa shape index (κ2) is 7.18. The minimum Gasteiger partial charge on any atom is -0.491 e. The molecule has 0 fully saturated rings. The molecule has 24 heavy (non-hydrogen) atoms. The first kappa shape index (κ1) is 16.7. The van der Waals surface area contributed by atoms with Crippen molar-refractivity contribution in [3.8, 4) is 5.75 Å². The van der Waals surface area contributed by atoms with Gasteiger partial charge < -0.3 is 4.74 Å². The van der Waals surface area contributed by atoms with Crippen molar-refractivity contribution in [2.24, 2.45) is 0 Å². The van der Waals surface area contributed by atoms with Gasteiger partial charge in [0.15, 0.2) is 5.78 Å². The number of fused-ring (bicyclic) bond motifs is 1. The second-order valence-corrected chi connectivity index (χ2v) is 6.80. The quantitative estimate of drug-likeness (QED) is 0.778. The summed E-state index contributed by atoms with van der Waals surface area (Å²) in [6.45, 7) is 8.27. The highest BCUT2D eigenvalue weighted by Crippen LogP contribution is 2.22. The van der Waals surface area contributed by atoms with E-state index in [9.17, 15) is 4.79 Å². The van der Waals surface area contributed by atoms with Crippen LogP contribution in [0.1, 0.15) is 40.9 Å². The average molecular weight is 323 g/mol. The Morgan fingerprint density at radius 2 is 1.92 bits per heavy atom. The molecule has 2 aromatic rings. The van der Waals surface area contributed by atoms with Gasteiger partial charge in [-0.2, -0.15) is 0 Å². The third kappa shape index (κ3) is 3.85. The number of nitrogens with zero attached hydrogens (tertiary/aromatic N) is 1. The van der Waals surface area contributed by atoms with Crippen LogP contribution in [0, 0.1) is 6.92 Å². The third-order valence-electron chi connectivity index (χ3n) is 4.44. The molecule has 0 atom stereocenters. The molecular formula is C21H25NO2. The molecule has 1 aliphatic rings. The molecule has 0 spiro atoms. The Hall–Kier alpha value is -2.13. The molecule has 126 valence electrons. The molecule has 1 heterocycles. The number of hydrogen-bond donors (Lipinski definition) is 0. The number of carbonyl (C=O) groups excluding carboxylic acids is 1. The molecule has 0 aromatic heterocycles. The van der Waals surface area contributed by atoms with Crippen LogP contribution in [0.4, 0.5) is 0 Å². The number of rotatable bonds is 5. The van der Waals surface area contributed by atoms with Crippen LogP contribution in [0.5, 0.6) is 5.75 Å². The van der Waals surface area contributed by atoms with Crippen molar-refractivity contribution >= 4 is 5.78 Å². The van der Waals surface area contributed by atoms with E-state index in [0.717, 1.165) is 36.4 Å². The Labute approximate surface area is 144 Å². The fourth-order valence-electron chi connectivity index (χ4n) is 3.19. The molecule has 0 saturated carbocycles. The SMILES string of the molecule is Cc1cc(C(=O)CN2CCc3ccccc3C2)ccc1OC(C)C. The Morgan fingerprint density at radius 3 is 2.62 bits per heavy atom. The van der Waals surface area contributed by atoms with Gasteiger partial charge in [0.1, 0.15) is 5.75 Å². The summed E-state index contributed by atoms with van der Waals surface area (Å²) in [6.07, 6.45) is 1.16. The lowest BCUT2D eigenvalue weighted by molar-refractivity contribution is 0.0921. The molecule has 0 bridgehead atoms. The van der Waals surface area contributed by atoms with Crippen molar-refractivity contribution in [2.45, 2.75) is 39.8 Å². The standard InChI is InChI=1S/C21H25NO2/c1-15(2)24-21-9-8-18(12-16(21)3)20(23)14-22-11-10-17-6-4-5-7-19(17)13-22/h4-9,12,15H,10-11,13-14H2,1-3H3. The van der Waals surface area contributed by atoms with E-state index in [1.807, 2.05) is 39.0 Å².